The number of carbonyl (C=O) groups is 1. The fourth-order valence-corrected chi connectivity index (χ4v) is 1.12. The Morgan fingerprint density at radius 2 is 2.25 bits per heavy atom. The molecule has 0 aromatic carbocycles. The molecule has 1 aliphatic heterocycles. The van der Waals surface area contributed by atoms with Crippen molar-refractivity contribution in [1.29, 1.82) is 0 Å². The summed E-state index contributed by atoms with van der Waals surface area (Å²) in [7, 11) is 0. The van der Waals surface area contributed by atoms with Crippen molar-refractivity contribution in [2.45, 2.75) is 33.3 Å². The van der Waals surface area contributed by atoms with E-state index in [1.807, 2.05) is 38.9 Å². The van der Waals surface area contributed by atoms with Crippen LogP contribution < -0.4 is 11.0 Å². The summed E-state index contributed by atoms with van der Waals surface area (Å²) in [6, 6.07) is 0. The van der Waals surface area contributed by atoms with Crippen molar-refractivity contribution in [2.24, 2.45) is 0 Å². The third kappa shape index (κ3) is 4.35. The van der Waals surface area contributed by atoms with Gasteiger partial charge in [0, 0.05) is 18.8 Å². The van der Waals surface area contributed by atoms with Crippen LogP contribution in [0.5, 0.6) is 0 Å². The molecule has 0 unspecified atom stereocenters. The van der Waals surface area contributed by atoms with Gasteiger partial charge in [-0.1, -0.05) is 0 Å². The van der Waals surface area contributed by atoms with Crippen molar-refractivity contribution < 1.29 is 9.53 Å². The zero-order valence-electron chi connectivity index (χ0n) is 10.2. The Hall–Kier alpha value is -1.49. The molecule has 0 fully saturated rings. The number of hydrogen-bond donors (Lipinski definition) is 2. The molecule has 0 aromatic rings. The zero-order valence-corrected chi connectivity index (χ0v) is 10.2. The van der Waals surface area contributed by atoms with Gasteiger partial charge in [-0.05, 0) is 33.8 Å². The lowest BCUT2D eigenvalue weighted by atomic mass is 10.2. The minimum absolute atomic E-state index is 0.342. The van der Waals surface area contributed by atoms with Crippen LogP contribution in [0.3, 0.4) is 0 Å². The molecule has 0 aromatic heterocycles. The van der Waals surface area contributed by atoms with Gasteiger partial charge in [-0.15, -0.1) is 5.53 Å². The van der Waals surface area contributed by atoms with Gasteiger partial charge in [0.15, 0.2) is 0 Å². The van der Waals surface area contributed by atoms with E-state index in [4.69, 9.17) is 4.74 Å². The molecule has 0 atom stereocenters. The number of ether oxygens (including phenoxy) is 1. The first-order chi connectivity index (χ1) is 7.40. The second kappa shape index (κ2) is 5.03. The summed E-state index contributed by atoms with van der Waals surface area (Å²) in [6.45, 7) is 8.38. The number of esters is 1. The van der Waals surface area contributed by atoms with E-state index in [2.05, 4.69) is 11.0 Å². The first-order valence-corrected chi connectivity index (χ1v) is 5.32. The molecular formula is C11H19N3O2. The van der Waals surface area contributed by atoms with Gasteiger partial charge in [0.1, 0.15) is 5.60 Å². The van der Waals surface area contributed by atoms with Crippen LogP contribution in [0, 0.1) is 0 Å². The van der Waals surface area contributed by atoms with Crippen LogP contribution in [0.2, 0.25) is 0 Å². The summed E-state index contributed by atoms with van der Waals surface area (Å²) in [4.78, 5) is 11.4. The van der Waals surface area contributed by atoms with Crippen LogP contribution in [-0.2, 0) is 9.53 Å². The van der Waals surface area contributed by atoms with Crippen molar-refractivity contribution in [3.05, 3.63) is 24.0 Å². The molecule has 0 saturated heterocycles. The predicted molar refractivity (Wildman–Crippen MR) is 61.7 cm³/mol. The number of allylic oxidation sites excluding steroid dienone is 1. The summed E-state index contributed by atoms with van der Waals surface area (Å²) < 4.78 is 5.14. The van der Waals surface area contributed by atoms with Gasteiger partial charge in [-0.2, -0.15) is 0 Å². The van der Waals surface area contributed by atoms with Crippen LogP contribution in [0.4, 0.5) is 0 Å². The largest absolute Gasteiger partial charge is 0.457 e. The molecule has 1 rings (SSSR count). The van der Waals surface area contributed by atoms with Crippen molar-refractivity contribution in [2.75, 3.05) is 6.54 Å². The summed E-state index contributed by atoms with van der Waals surface area (Å²) >= 11 is 0. The Morgan fingerprint density at radius 1 is 1.56 bits per heavy atom. The van der Waals surface area contributed by atoms with Gasteiger partial charge in [0.25, 0.3) is 0 Å². The van der Waals surface area contributed by atoms with Crippen LogP contribution in [0.25, 0.3) is 0 Å². The highest BCUT2D eigenvalue weighted by Gasteiger charge is 2.14. The SMILES string of the molecule is CCN1C=C(/C=C/C(=O)OC(C)(C)C)NN1. The average molecular weight is 225 g/mol. The number of hydrogen-bond acceptors (Lipinski definition) is 5. The predicted octanol–water partition coefficient (Wildman–Crippen LogP) is 1.07. The van der Waals surface area contributed by atoms with Crippen molar-refractivity contribution in [3.63, 3.8) is 0 Å². The van der Waals surface area contributed by atoms with Crippen LogP contribution in [0.15, 0.2) is 24.0 Å². The Morgan fingerprint density at radius 3 is 2.75 bits per heavy atom. The van der Waals surface area contributed by atoms with E-state index >= 15 is 0 Å². The number of rotatable bonds is 3. The highest BCUT2D eigenvalue weighted by atomic mass is 16.6. The molecule has 0 amide bonds. The lowest BCUT2D eigenvalue weighted by Crippen LogP contribution is -2.35. The standard InChI is InChI=1S/C11H19N3O2/c1-5-14-8-9(12-13-14)6-7-10(15)16-11(2,3)4/h6-8,12-13H,5H2,1-4H3/b7-6+. The van der Waals surface area contributed by atoms with Gasteiger partial charge in [-0.25, -0.2) is 4.79 Å². The van der Waals surface area contributed by atoms with Gasteiger partial charge < -0.3 is 10.2 Å². The summed E-state index contributed by atoms with van der Waals surface area (Å²) in [5.74, 6) is -0.342. The topological polar surface area (TPSA) is 53.6 Å². The average Bonchev–Trinajstić information content (AvgIpc) is 2.59. The first kappa shape index (κ1) is 12.6. The molecule has 1 heterocycles. The summed E-state index contributed by atoms with van der Waals surface area (Å²) in [6.07, 6.45) is 4.96. The Bertz CT molecular complexity index is 316. The fourth-order valence-electron chi connectivity index (χ4n) is 1.12. The minimum atomic E-state index is -0.452. The molecular weight excluding hydrogens is 206 g/mol. The third-order valence-electron chi connectivity index (χ3n) is 1.79. The van der Waals surface area contributed by atoms with E-state index in [1.54, 1.807) is 6.08 Å². The molecule has 16 heavy (non-hydrogen) atoms. The van der Waals surface area contributed by atoms with E-state index in [-0.39, 0.29) is 5.97 Å². The second-order valence-electron chi connectivity index (χ2n) is 4.47. The maximum absolute atomic E-state index is 11.4. The number of nitrogens with one attached hydrogen (secondary N) is 2. The van der Waals surface area contributed by atoms with E-state index in [0.29, 0.717) is 0 Å². The van der Waals surface area contributed by atoms with E-state index < -0.39 is 5.60 Å². The minimum Gasteiger partial charge on any atom is -0.457 e. The van der Waals surface area contributed by atoms with Crippen molar-refractivity contribution in [3.8, 4) is 0 Å². The van der Waals surface area contributed by atoms with Gasteiger partial charge in [-0.3, -0.25) is 5.01 Å². The molecule has 2 N–H and O–H groups in total. The monoisotopic (exact) mass is 225 g/mol. The lowest BCUT2D eigenvalue weighted by Gasteiger charge is -2.17. The molecule has 5 heteroatoms. The molecule has 5 nitrogen and oxygen atoms in total. The van der Waals surface area contributed by atoms with Crippen LogP contribution in [-0.4, -0.2) is 23.1 Å². The summed E-state index contributed by atoms with van der Waals surface area (Å²) in [5, 5.41) is 1.87. The summed E-state index contributed by atoms with van der Waals surface area (Å²) in [5.41, 5.74) is 6.21. The smallest absolute Gasteiger partial charge is 0.331 e. The van der Waals surface area contributed by atoms with Crippen LogP contribution in [0.1, 0.15) is 27.7 Å². The fraction of sp³-hybridized carbons (Fsp3) is 0.545. The molecule has 1 aliphatic rings. The van der Waals surface area contributed by atoms with Gasteiger partial charge in [0.05, 0.1) is 5.70 Å². The molecule has 90 valence electrons. The Balaban J connectivity index is 2.46. The van der Waals surface area contributed by atoms with Crippen molar-refractivity contribution in [1.82, 2.24) is 16.0 Å². The molecule has 0 aliphatic carbocycles. The third-order valence-corrected chi connectivity index (χ3v) is 1.79. The lowest BCUT2D eigenvalue weighted by molar-refractivity contribution is -0.148. The van der Waals surface area contributed by atoms with E-state index in [9.17, 15) is 4.79 Å². The normalized spacial score (nSPS) is 16.2. The maximum atomic E-state index is 11.4. The number of hydrazine groups is 2. The number of nitrogens with zero attached hydrogens (tertiary/aromatic N) is 1. The van der Waals surface area contributed by atoms with Crippen molar-refractivity contribution >= 4 is 5.97 Å². The highest BCUT2D eigenvalue weighted by Crippen LogP contribution is 2.08. The van der Waals surface area contributed by atoms with E-state index in [1.165, 1.54) is 6.08 Å². The van der Waals surface area contributed by atoms with Crippen LogP contribution >= 0.6 is 0 Å². The quantitative estimate of drug-likeness (QED) is 0.556. The molecule has 0 saturated carbocycles. The van der Waals surface area contributed by atoms with Gasteiger partial charge in [0.2, 0.25) is 0 Å². The number of carbonyl (C=O) groups excluding carboxylic acids is 1. The van der Waals surface area contributed by atoms with Gasteiger partial charge >= 0.3 is 5.97 Å². The Kier molecular flexibility index (Phi) is 3.95. The molecule has 0 radical (unpaired) electrons. The highest BCUT2D eigenvalue weighted by molar-refractivity contribution is 5.82. The molecule has 0 spiro atoms. The first-order valence-electron chi connectivity index (χ1n) is 5.32. The molecule has 0 bridgehead atoms. The second-order valence-corrected chi connectivity index (χ2v) is 4.47. The van der Waals surface area contributed by atoms with E-state index in [0.717, 1.165) is 12.2 Å². The Labute approximate surface area is 96.1 Å². The zero-order chi connectivity index (χ0) is 12.2. The maximum Gasteiger partial charge on any atom is 0.331 e.